The monoisotopic (exact) mass is 313 g/mol. The number of nitrogens with zero attached hydrogens (tertiary/aromatic N) is 1. The number of nitrogens with one attached hydrogen (secondary N) is 2. The lowest BCUT2D eigenvalue weighted by Gasteiger charge is -2.20. The summed E-state index contributed by atoms with van der Waals surface area (Å²) in [7, 11) is 0. The second-order valence-corrected chi connectivity index (χ2v) is 5.59. The molecule has 0 atom stereocenters. The van der Waals surface area contributed by atoms with Crippen molar-refractivity contribution in [3.63, 3.8) is 0 Å². The molecular weight excluding hydrogens is 298 g/mol. The van der Waals surface area contributed by atoms with Gasteiger partial charge in [0.15, 0.2) is 0 Å². The topological polar surface area (TPSA) is 97.4 Å². The lowest BCUT2D eigenvalue weighted by Crippen LogP contribution is -2.27. The maximum absolute atomic E-state index is 11.6. The van der Waals surface area contributed by atoms with E-state index >= 15 is 0 Å². The number of carbonyl (C=O) groups is 3. The minimum Gasteiger partial charge on any atom is -0.444 e. The molecule has 0 radical (unpaired) electrons. The molecule has 0 fully saturated rings. The normalized spacial score (nSPS) is 10.7. The van der Waals surface area contributed by atoms with Crippen LogP contribution in [-0.2, 0) is 14.3 Å². The van der Waals surface area contributed by atoms with Crippen molar-refractivity contribution in [3.8, 4) is 0 Å². The number of hydrogen-bond donors (Lipinski definition) is 2. The Labute approximate surface area is 127 Å². The van der Waals surface area contributed by atoms with Gasteiger partial charge in [0.2, 0.25) is 0 Å². The number of aryl methyl sites for hydroxylation is 1. The first-order chi connectivity index (χ1) is 9.58. The summed E-state index contributed by atoms with van der Waals surface area (Å²) < 4.78 is 5.10. The van der Waals surface area contributed by atoms with E-state index in [0.717, 1.165) is 0 Å². The average molecular weight is 314 g/mol. The molecule has 0 saturated heterocycles. The molecular formula is C13H16ClN3O4. The molecule has 1 heterocycles. The lowest BCUT2D eigenvalue weighted by molar-refractivity contribution is -0.130. The van der Waals surface area contributed by atoms with Crippen molar-refractivity contribution in [2.75, 3.05) is 10.6 Å². The van der Waals surface area contributed by atoms with Gasteiger partial charge < -0.3 is 10.1 Å². The second-order valence-electron chi connectivity index (χ2n) is 5.24. The van der Waals surface area contributed by atoms with Crippen LogP contribution in [0.3, 0.4) is 0 Å². The zero-order chi connectivity index (χ0) is 16.2. The van der Waals surface area contributed by atoms with E-state index in [2.05, 4.69) is 15.6 Å². The van der Waals surface area contributed by atoms with Gasteiger partial charge in [-0.1, -0.05) is 0 Å². The molecule has 0 unspecified atom stereocenters. The number of carbonyl (C=O) groups excluding carboxylic acids is 3. The third kappa shape index (κ3) is 5.78. The Morgan fingerprint density at radius 3 is 2.33 bits per heavy atom. The third-order valence-corrected chi connectivity index (χ3v) is 2.31. The maximum atomic E-state index is 11.6. The Balaban J connectivity index is 2.77. The minimum absolute atomic E-state index is 0.291. The van der Waals surface area contributed by atoms with Crippen LogP contribution in [0.15, 0.2) is 12.3 Å². The fraction of sp³-hybridized carbons (Fsp3) is 0.385. The lowest BCUT2D eigenvalue weighted by atomic mass is 10.2. The van der Waals surface area contributed by atoms with Gasteiger partial charge in [-0.2, -0.15) is 0 Å². The number of hydrogen-bond acceptors (Lipinski definition) is 5. The van der Waals surface area contributed by atoms with Gasteiger partial charge in [-0.05, 0) is 50.9 Å². The van der Waals surface area contributed by atoms with Crippen LogP contribution in [0.2, 0.25) is 0 Å². The minimum atomic E-state index is -1.12. The predicted molar refractivity (Wildman–Crippen MR) is 78.3 cm³/mol. The number of aromatic nitrogens is 1. The van der Waals surface area contributed by atoms with Gasteiger partial charge in [0.05, 0.1) is 11.9 Å². The maximum Gasteiger partial charge on any atom is 0.413 e. The highest BCUT2D eigenvalue weighted by atomic mass is 35.5. The van der Waals surface area contributed by atoms with E-state index in [-0.39, 0.29) is 0 Å². The Morgan fingerprint density at radius 2 is 1.86 bits per heavy atom. The SMILES string of the molecule is Cc1cc(NC(=O)C(=O)Cl)cnc1NC(=O)OC(C)(C)C. The summed E-state index contributed by atoms with van der Waals surface area (Å²) in [6.45, 7) is 6.91. The van der Waals surface area contributed by atoms with Crippen molar-refractivity contribution in [1.29, 1.82) is 0 Å². The van der Waals surface area contributed by atoms with E-state index in [1.54, 1.807) is 27.7 Å². The summed E-state index contributed by atoms with van der Waals surface area (Å²) in [5, 5.41) is 3.64. The van der Waals surface area contributed by atoms with Crippen LogP contribution in [0.5, 0.6) is 0 Å². The molecule has 0 aliphatic carbocycles. The first-order valence-corrected chi connectivity index (χ1v) is 6.44. The van der Waals surface area contributed by atoms with E-state index in [0.29, 0.717) is 17.1 Å². The van der Waals surface area contributed by atoms with Crippen LogP contribution in [0.4, 0.5) is 16.3 Å². The summed E-state index contributed by atoms with van der Waals surface area (Å²) in [4.78, 5) is 37.4. The fourth-order valence-corrected chi connectivity index (χ4v) is 1.40. The van der Waals surface area contributed by atoms with E-state index in [4.69, 9.17) is 16.3 Å². The Bertz CT molecular complexity index is 581. The van der Waals surface area contributed by atoms with Crippen LogP contribution < -0.4 is 10.6 Å². The van der Waals surface area contributed by atoms with E-state index in [9.17, 15) is 14.4 Å². The van der Waals surface area contributed by atoms with Gasteiger partial charge in [-0.25, -0.2) is 9.78 Å². The van der Waals surface area contributed by atoms with E-state index < -0.39 is 22.8 Å². The van der Waals surface area contributed by atoms with Crippen molar-refractivity contribution in [2.24, 2.45) is 0 Å². The van der Waals surface area contributed by atoms with Gasteiger partial charge in [0.1, 0.15) is 11.4 Å². The molecule has 1 aromatic heterocycles. The summed E-state index contributed by atoms with van der Waals surface area (Å²) in [5.41, 5.74) is 0.258. The van der Waals surface area contributed by atoms with Crippen LogP contribution in [0, 0.1) is 6.92 Å². The molecule has 2 amide bonds. The summed E-state index contributed by atoms with van der Waals surface area (Å²) >= 11 is 5.03. The molecule has 8 heteroatoms. The molecule has 7 nitrogen and oxygen atoms in total. The summed E-state index contributed by atoms with van der Waals surface area (Å²) in [6.07, 6.45) is 0.656. The molecule has 0 bridgehead atoms. The van der Waals surface area contributed by atoms with Crippen LogP contribution in [0.25, 0.3) is 0 Å². The van der Waals surface area contributed by atoms with Gasteiger partial charge in [-0.3, -0.25) is 14.9 Å². The first kappa shape index (κ1) is 16.9. The molecule has 2 N–H and O–H groups in total. The smallest absolute Gasteiger partial charge is 0.413 e. The van der Waals surface area contributed by atoms with Crippen molar-refractivity contribution in [3.05, 3.63) is 17.8 Å². The highest BCUT2D eigenvalue weighted by molar-refractivity contribution is 6.82. The largest absolute Gasteiger partial charge is 0.444 e. The van der Waals surface area contributed by atoms with E-state index in [1.165, 1.54) is 12.3 Å². The molecule has 1 rings (SSSR count). The van der Waals surface area contributed by atoms with Gasteiger partial charge >= 0.3 is 17.2 Å². The Hall–Kier alpha value is -2.15. The quantitative estimate of drug-likeness (QED) is 0.660. The summed E-state index contributed by atoms with van der Waals surface area (Å²) in [5.74, 6) is -0.662. The Morgan fingerprint density at radius 1 is 1.24 bits per heavy atom. The number of anilines is 2. The summed E-state index contributed by atoms with van der Waals surface area (Å²) in [6, 6.07) is 1.54. The predicted octanol–water partition coefficient (Wildman–Crippen LogP) is 2.44. The van der Waals surface area contributed by atoms with E-state index in [1.807, 2.05) is 0 Å². The molecule has 114 valence electrons. The standard InChI is InChI=1S/C13H16ClN3O4/c1-7-5-8(16-11(19)9(14)18)6-15-10(7)17-12(20)21-13(2,3)4/h5-6H,1-4H3,(H,16,19)(H,15,17,20). The van der Waals surface area contributed by atoms with Crippen molar-refractivity contribution in [1.82, 2.24) is 4.98 Å². The first-order valence-electron chi connectivity index (χ1n) is 6.06. The fourth-order valence-electron chi connectivity index (χ4n) is 1.35. The number of rotatable bonds is 3. The molecule has 0 spiro atoms. The third-order valence-electron chi connectivity index (χ3n) is 2.13. The van der Waals surface area contributed by atoms with Gasteiger partial charge in [0.25, 0.3) is 0 Å². The number of pyridine rings is 1. The van der Waals surface area contributed by atoms with Crippen molar-refractivity contribution in [2.45, 2.75) is 33.3 Å². The molecule has 0 aliphatic rings. The van der Waals surface area contributed by atoms with Crippen LogP contribution >= 0.6 is 11.6 Å². The van der Waals surface area contributed by atoms with Gasteiger partial charge in [-0.15, -0.1) is 0 Å². The van der Waals surface area contributed by atoms with Gasteiger partial charge in [0, 0.05) is 0 Å². The molecule has 0 aromatic carbocycles. The highest BCUT2D eigenvalue weighted by Gasteiger charge is 2.17. The average Bonchev–Trinajstić information content (AvgIpc) is 2.30. The zero-order valence-corrected chi connectivity index (χ0v) is 12.9. The Kier molecular flexibility index (Phi) is 5.26. The van der Waals surface area contributed by atoms with Crippen LogP contribution in [-0.4, -0.2) is 27.8 Å². The molecule has 1 aromatic rings. The number of amides is 2. The molecule has 21 heavy (non-hydrogen) atoms. The molecule has 0 saturated carbocycles. The van der Waals surface area contributed by atoms with Crippen LogP contribution in [0.1, 0.15) is 26.3 Å². The number of halogens is 1. The highest BCUT2D eigenvalue weighted by Crippen LogP contribution is 2.17. The number of ether oxygens (including phenoxy) is 1. The second kappa shape index (κ2) is 6.53. The van der Waals surface area contributed by atoms with Crippen molar-refractivity contribution < 1.29 is 19.1 Å². The molecule has 0 aliphatic heterocycles. The van der Waals surface area contributed by atoms with Crippen molar-refractivity contribution >= 4 is 40.3 Å². The zero-order valence-electron chi connectivity index (χ0n) is 12.1.